The SMILES string of the molecule is CC[C@H](C)[C@H](N)C(=O)N[C@H](C(=O)N[C@@H](CCCCN)C(=O)N[C@@H](CCCN=C(N)N)C(=O)N[C@@H](CCCCN)C(=O)N[C@@H](CCCCN)C(=O)O)[C@@H](C)O. The maximum absolute atomic E-state index is 13.8. The van der Waals surface area contributed by atoms with Gasteiger partial charge >= 0.3 is 5.97 Å². The smallest absolute Gasteiger partial charge is 0.326 e. The number of aliphatic imine (C=N–C) groups is 1. The number of hydrogen-bond acceptors (Lipinski definition) is 12. The minimum Gasteiger partial charge on any atom is -0.480 e. The van der Waals surface area contributed by atoms with Gasteiger partial charge in [0.1, 0.15) is 30.2 Å². The average molecular weight is 773 g/mol. The summed E-state index contributed by atoms with van der Waals surface area (Å²) >= 11 is 0. The number of amides is 5. The Balaban J connectivity index is 6.35. The molecular weight excluding hydrogens is 704 g/mol. The van der Waals surface area contributed by atoms with E-state index in [9.17, 15) is 39.0 Å². The van der Waals surface area contributed by atoms with Crippen molar-refractivity contribution >= 4 is 41.5 Å². The number of hydrogen-bond donors (Lipinski definition) is 13. The van der Waals surface area contributed by atoms with Crippen molar-refractivity contribution in [3.05, 3.63) is 0 Å². The highest BCUT2D eigenvalue weighted by molar-refractivity contribution is 5.96. The summed E-state index contributed by atoms with van der Waals surface area (Å²) in [5, 5.41) is 33.0. The van der Waals surface area contributed by atoms with E-state index in [1.165, 1.54) is 6.92 Å². The molecule has 0 rings (SSSR count). The van der Waals surface area contributed by atoms with Crippen LogP contribution >= 0.6 is 0 Å². The highest BCUT2D eigenvalue weighted by atomic mass is 16.4. The van der Waals surface area contributed by atoms with Gasteiger partial charge in [0.15, 0.2) is 5.96 Å². The first-order valence-electron chi connectivity index (χ1n) is 18.9. The Kier molecular flexibility index (Phi) is 26.2. The van der Waals surface area contributed by atoms with Crippen LogP contribution in [0.25, 0.3) is 0 Å². The van der Waals surface area contributed by atoms with Gasteiger partial charge in [-0.2, -0.15) is 0 Å². The fraction of sp³-hybridized carbons (Fsp3) is 0.794. The first-order chi connectivity index (χ1) is 25.5. The number of aliphatic carboxylic acids is 1. The topological polar surface area (TPSA) is 372 Å². The molecule has 20 heteroatoms. The van der Waals surface area contributed by atoms with E-state index in [-0.39, 0.29) is 50.5 Å². The molecule has 0 aliphatic heterocycles. The van der Waals surface area contributed by atoms with Crippen LogP contribution in [0.2, 0.25) is 0 Å². The zero-order chi connectivity index (χ0) is 41.2. The minimum absolute atomic E-state index is 0.00561. The van der Waals surface area contributed by atoms with Crippen molar-refractivity contribution in [1.82, 2.24) is 26.6 Å². The Hall–Kier alpha value is -4.11. The Labute approximate surface area is 318 Å². The lowest BCUT2D eigenvalue weighted by atomic mass is 9.98. The highest BCUT2D eigenvalue weighted by Crippen LogP contribution is 2.10. The molecule has 312 valence electrons. The molecule has 8 atom stereocenters. The molecule has 20 nitrogen and oxygen atoms in total. The summed E-state index contributed by atoms with van der Waals surface area (Å²) in [5.74, 6) is -5.37. The molecule has 0 saturated carbocycles. The number of rotatable bonds is 30. The monoisotopic (exact) mass is 773 g/mol. The van der Waals surface area contributed by atoms with E-state index in [0.29, 0.717) is 64.6 Å². The number of nitrogens with two attached hydrogens (primary N) is 6. The lowest BCUT2D eigenvalue weighted by Crippen LogP contribution is -2.61. The number of aliphatic hydroxyl groups excluding tert-OH is 1. The van der Waals surface area contributed by atoms with Crippen molar-refractivity contribution in [3.8, 4) is 0 Å². The number of nitrogens with one attached hydrogen (secondary N) is 5. The van der Waals surface area contributed by atoms with Crippen LogP contribution in [0.15, 0.2) is 4.99 Å². The molecule has 19 N–H and O–H groups in total. The van der Waals surface area contributed by atoms with Crippen LogP contribution in [0, 0.1) is 5.92 Å². The molecule has 0 saturated heterocycles. The van der Waals surface area contributed by atoms with Gasteiger partial charge in [0, 0.05) is 6.54 Å². The molecule has 0 bridgehead atoms. The van der Waals surface area contributed by atoms with Crippen LogP contribution in [0.5, 0.6) is 0 Å². The van der Waals surface area contributed by atoms with Gasteiger partial charge in [0.2, 0.25) is 29.5 Å². The number of carboxylic acid groups (broad SMARTS) is 1. The van der Waals surface area contributed by atoms with E-state index >= 15 is 0 Å². The molecule has 0 aliphatic rings. The molecule has 0 heterocycles. The lowest BCUT2D eigenvalue weighted by molar-refractivity contribution is -0.142. The van der Waals surface area contributed by atoms with Crippen molar-refractivity contribution in [1.29, 1.82) is 0 Å². The summed E-state index contributed by atoms with van der Waals surface area (Å²) < 4.78 is 0. The van der Waals surface area contributed by atoms with Crippen LogP contribution < -0.4 is 61.0 Å². The zero-order valence-electron chi connectivity index (χ0n) is 32.2. The summed E-state index contributed by atoms with van der Waals surface area (Å²) in [6.45, 7) is 6.03. The van der Waals surface area contributed by atoms with Gasteiger partial charge in [-0.3, -0.25) is 29.0 Å². The van der Waals surface area contributed by atoms with E-state index in [0.717, 1.165) is 0 Å². The number of carbonyl (C=O) groups excluding carboxylic acids is 5. The van der Waals surface area contributed by atoms with Gasteiger partial charge in [-0.15, -0.1) is 0 Å². The van der Waals surface area contributed by atoms with Crippen LogP contribution in [0.3, 0.4) is 0 Å². The maximum atomic E-state index is 13.8. The molecule has 0 radical (unpaired) electrons. The molecule has 0 aromatic carbocycles. The number of aliphatic hydroxyl groups is 1. The number of guanidine groups is 1. The molecular formula is C34H68N12O8. The number of nitrogens with zero attached hydrogens (tertiary/aromatic N) is 1. The standard InChI is InChI=1S/C34H68N12O8/c1-4-20(2)26(38)31(51)46-27(21(3)47)32(52)44-23(13-6-9-17-36)28(48)43-24(15-11-19-41-34(39)40)29(49)42-22(12-5-8-16-35)30(50)45-25(33(53)54)14-7-10-18-37/h20-27,47H,4-19,35-38H2,1-3H3,(H,42,49)(H,43,48)(H,44,52)(H,45,50)(H,46,51)(H,53,54)(H4,39,40,41)/t20-,21+,22-,23-,24-,25-,26-,27-/m0/s1. The van der Waals surface area contributed by atoms with Gasteiger partial charge in [-0.05, 0) is 103 Å². The van der Waals surface area contributed by atoms with E-state index in [1.54, 1.807) is 6.92 Å². The Morgan fingerprint density at radius 1 is 0.593 bits per heavy atom. The van der Waals surface area contributed by atoms with Crippen LogP contribution in [0.4, 0.5) is 0 Å². The fourth-order valence-corrected chi connectivity index (χ4v) is 5.29. The summed E-state index contributed by atoms with van der Waals surface area (Å²) in [6, 6.07) is -7.27. The average Bonchev–Trinajstić information content (AvgIpc) is 3.12. The van der Waals surface area contributed by atoms with Gasteiger partial charge in [-0.1, -0.05) is 20.3 Å². The maximum Gasteiger partial charge on any atom is 0.326 e. The van der Waals surface area contributed by atoms with Gasteiger partial charge in [0.05, 0.1) is 12.1 Å². The molecule has 0 unspecified atom stereocenters. The quantitative estimate of drug-likeness (QED) is 0.0193. The third-order valence-corrected chi connectivity index (χ3v) is 8.92. The summed E-state index contributed by atoms with van der Waals surface area (Å²) in [5.41, 5.74) is 33.7. The van der Waals surface area contributed by atoms with Crippen LogP contribution in [0.1, 0.15) is 97.8 Å². The third kappa shape index (κ3) is 20.4. The Bertz CT molecular complexity index is 1190. The van der Waals surface area contributed by atoms with Gasteiger partial charge in [-0.25, -0.2) is 4.79 Å². The van der Waals surface area contributed by atoms with E-state index < -0.39 is 77.9 Å². The lowest BCUT2D eigenvalue weighted by Gasteiger charge is -2.28. The molecule has 0 aliphatic carbocycles. The fourth-order valence-electron chi connectivity index (χ4n) is 5.29. The zero-order valence-corrected chi connectivity index (χ0v) is 32.2. The number of carboxylic acids is 1. The molecule has 5 amide bonds. The molecule has 0 aromatic rings. The number of carbonyl (C=O) groups is 6. The minimum atomic E-state index is -1.45. The van der Waals surface area contributed by atoms with Crippen molar-refractivity contribution in [3.63, 3.8) is 0 Å². The van der Waals surface area contributed by atoms with Crippen LogP contribution in [-0.4, -0.2) is 120 Å². The first kappa shape index (κ1) is 49.9. The molecule has 54 heavy (non-hydrogen) atoms. The second-order valence-electron chi connectivity index (χ2n) is 13.5. The molecule has 0 aromatic heterocycles. The van der Waals surface area contributed by atoms with Crippen molar-refractivity contribution in [2.75, 3.05) is 26.2 Å². The highest BCUT2D eigenvalue weighted by Gasteiger charge is 2.34. The second-order valence-corrected chi connectivity index (χ2v) is 13.5. The summed E-state index contributed by atoms with van der Waals surface area (Å²) in [4.78, 5) is 83.0. The molecule has 0 fully saturated rings. The normalized spacial score (nSPS) is 15.6. The van der Waals surface area contributed by atoms with Crippen LogP contribution in [-0.2, 0) is 28.8 Å². The Morgan fingerprint density at radius 3 is 1.35 bits per heavy atom. The summed E-state index contributed by atoms with van der Waals surface area (Å²) in [6.07, 6.45) is 2.71. The second kappa shape index (κ2) is 28.3. The predicted octanol–water partition coefficient (Wildman–Crippen LogP) is -3.31. The van der Waals surface area contributed by atoms with Crippen molar-refractivity contribution < 1.29 is 39.0 Å². The van der Waals surface area contributed by atoms with Crippen molar-refractivity contribution in [2.24, 2.45) is 45.3 Å². The predicted molar refractivity (Wildman–Crippen MR) is 205 cm³/mol. The van der Waals surface area contributed by atoms with E-state index in [1.807, 2.05) is 6.92 Å². The summed E-state index contributed by atoms with van der Waals surface area (Å²) in [7, 11) is 0. The first-order valence-corrected chi connectivity index (χ1v) is 18.9. The third-order valence-electron chi connectivity index (χ3n) is 8.92. The van der Waals surface area contributed by atoms with Crippen molar-refractivity contribution in [2.45, 2.75) is 140 Å². The number of unbranched alkanes of at least 4 members (excludes halogenated alkanes) is 3. The van der Waals surface area contributed by atoms with Gasteiger partial charge in [0.25, 0.3) is 0 Å². The van der Waals surface area contributed by atoms with E-state index in [2.05, 4.69) is 31.6 Å². The van der Waals surface area contributed by atoms with E-state index in [4.69, 9.17) is 34.4 Å². The molecule has 0 spiro atoms. The Morgan fingerprint density at radius 2 is 0.981 bits per heavy atom. The van der Waals surface area contributed by atoms with Gasteiger partial charge < -0.3 is 71.2 Å². The largest absolute Gasteiger partial charge is 0.480 e.